The molecule has 136 valence electrons. The number of imidazole rings is 1. The van der Waals surface area contributed by atoms with Gasteiger partial charge >= 0.3 is 0 Å². The molecular formula is C22H26N2O2. The van der Waals surface area contributed by atoms with Gasteiger partial charge in [0.2, 0.25) is 0 Å². The van der Waals surface area contributed by atoms with Gasteiger partial charge in [-0.15, -0.1) is 6.58 Å². The van der Waals surface area contributed by atoms with Crippen LogP contribution in [0, 0.1) is 0 Å². The Labute approximate surface area is 155 Å². The highest BCUT2D eigenvalue weighted by atomic mass is 16.5. The van der Waals surface area contributed by atoms with Gasteiger partial charge in [0.25, 0.3) is 0 Å². The number of benzene rings is 2. The third-order valence-corrected chi connectivity index (χ3v) is 4.44. The van der Waals surface area contributed by atoms with Gasteiger partial charge in [-0.25, -0.2) is 4.98 Å². The molecule has 0 atom stereocenters. The molecule has 0 radical (unpaired) electrons. The molecule has 0 amide bonds. The first-order valence-electron chi connectivity index (χ1n) is 9.11. The summed E-state index contributed by atoms with van der Waals surface area (Å²) >= 11 is 0. The molecule has 0 saturated heterocycles. The highest BCUT2D eigenvalue weighted by Gasteiger charge is 2.09. The summed E-state index contributed by atoms with van der Waals surface area (Å²) in [4.78, 5) is 4.72. The van der Waals surface area contributed by atoms with Crippen LogP contribution in [0.3, 0.4) is 0 Å². The Balaban J connectivity index is 1.63. The maximum Gasteiger partial charge on any atom is 0.161 e. The van der Waals surface area contributed by atoms with E-state index in [0.29, 0.717) is 6.61 Å². The van der Waals surface area contributed by atoms with Crippen LogP contribution >= 0.6 is 0 Å². The number of allylic oxidation sites excluding steroid dienone is 1. The second-order valence-electron chi connectivity index (χ2n) is 6.20. The Morgan fingerprint density at radius 3 is 2.77 bits per heavy atom. The van der Waals surface area contributed by atoms with Gasteiger partial charge in [0.1, 0.15) is 5.82 Å². The number of methoxy groups -OCH3 is 1. The summed E-state index contributed by atoms with van der Waals surface area (Å²) in [5.41, 5.74) is 3.42. The van der Waals surface area contributed by atoms with Crippen LogP contribution in [0.25, 0.3) is 11.0 Å². The second kappa shape index (κ2) is 8.56. The molecule has 4 nitrogen and oxygen atoms in total. The van der Waals surface area contributed by atoms with Gasteiger partial charge in [-0.1, -0.05) is 31.2 Å². The Bertz CT molecular complexity index is 883. The van der Waals surface area contributed by atoms with E-state index in [-0.39, 0.29) is 0 Å². The number of aryl methyl sites for hydroxylation is 2. The van der Waals surface area contributed by atoms with Gasteiger partial charge in [-0.05, 0) is 42.7 Å². The summed E-state index contributed by atoms with van der Waals surface area (Å²) in [7, 11) is 1.67. The lowest BCUT2D eigenvalue weighted by molar-refractivity contribution is 0.282. The maximum atomic E-state index is 5.96. The second-order valence-corrected chi connectivity index (χ2v) is 6.20. The lowest BCUT2D eigenvalue weighted by atomic mass is 10.1. The van der Waals surface area contributed by atoms with Crippen LogP contribution < -0.4 is 9.47 Å². The first-order chi connectivity index (χ1) is 12.8. The molecule has 0 unspecified atom stereocenters. The van der Waals surface area contributed by atoms with Crippen molar-refractivity contribution in [2.24, 2.45) is 0 Å². The average molecular weight is 350 g/mol. The molecule has 2 aromatic carbocycles. The predicted octanol–water partition coefficient (Wildman–Crippen LogP) is 4.80. The summed E-state index contributed by atoms with van der Waals surface area (Å²) in [5.74, 6) is 2.68. The van der Waals surface area contributed by atoms with Gasteiger partial charge in [0.05, 0.1) is 24.8 Å². The minimum absolute atomic E-state index is 0.632. The summed E-state index contributed by atoms with van der Waals surface area (Å²) < 4.78 is 13.7. The van der Waals surface area contributed by atoms with Crippen molar-refractivity contribution in [1.29, 1.82) is 0 Å². The summed E-state index contributed by atoms with van der Waals surface area (Å²) in [6.45, 7) is 7.44. The number of rotatable bonds is 9. The van der Waals surface area contributed by atoms with E-state index in [1.165, 1.54) is 11.1 Å². The fourth-order valence-corrected chi connectivity index (χ4v) is 3.17. The Kier molecular flexibility index (Phi) is 5.95. The average Bonchev–Trinajstić information content (AvgIpc) is 3.04. The van der Waals surface area contributed by atoms with E-state index in [9.17, 15) is 0 Å². The zero-order valence-corrected chi connectivity index (χ0v) is 15.6. The predicted molar refractivity (Wildman–Crippen MR) is 106 cm³/mol. The normalized spacial score (nSPS) is 10.8. The van der Waals surface area contributed by atoms with Crippen LogP contribution in [0.5, 0.6) is 11.5 Å². The van der Waals surface area contributed by atoms with E-state index >= 15 is 0 Å². The first-order valence-corrected chi connectivity index (χ1v) is 9.11. The summed E-state index contributed by atoms with van der Waals surface area (Å²) in [5, 5.41) is 0. The molecule has 0 N–H and O–H groups in total. The lowest BCUT2D eigenvalue weighted by Crippen LogP contribution is -2.08. The third kappa shape index (κ3) is 3.90. The first kappa shape index (κ1) is 18.1. The van der Waals surface area contributed by atoms with Gasteiger partial charge < -0.3 is 14.0 Å². The number of aromatic nitrogens is 2. The molecule has 4 heteroatoms. The molecule has 0 aliphatic carbocycles. The largest absolute Gasteiger partial charge is 0.493 e. The zero-order valence-electron chi connectivity index (χ0n) is 15.6. The van der Waals surface area contributed by atoms with Crippen LogP contribution in [0.4, 0.5) is 0 Å². The van der Waals surface area contributed by atoms with Crippen molar-refractivity contribution >= 4 is 11.0 Å². The molecule has 0 bridgehead atoms. The van der Waals surface area contributed by atoms with Gasteiger partial charge in [0.15, 0.2) is 11.5 Å². The number of hydrogen-bond donors (Lipinski definition) is 0. The van der Waals surface area contributed by atoms with Crippen molar-refractivity contribution in [3.63, 3.8) is 0 Å². The number of hydrogen-bond acceptors (Lipinski definition) is 3. The molecule has 3 aromatic rings. The molecule has 0 fully saturated rings. The molecule has 3 rings (SSSR count). The van der Waals surface area contributed by atoms with Crippen LogP contribution in [-0.2, 0) is 19.4 Å². The van der Waals surface area contributed by atoms with Crippen molar-refractivity contribution in [3.05, 3.63) is 66.5 Å². The van der Waals surface area contributed by atoms with E-state index in [4.69, 9.17) is 14.5 Å². The van der Waals surface area contributed by atoms with Gasteiger partial charge in [-0.3, -0.25) is 0 Å². The molecule has 0 aliphatic heterocycles. The molecule has 1 heterocycles. The number of para-hydroxylation sites is 2. The van der Waals surface area contributed by atoms with Crippen molar-refractivity contribution in [2.45, 2.75) is 32.7 Å². The molecule has 1 aromatic heterocycles. The molecule has 0 aliphatic rings. The standard InChI is InChI=1S/C22H26N2O2/c1-4-9-17-12-13-20(21(16-17)25-3)26-15-8-14-24-19-11-7-6-10-18(19)23-22(24)5-2/h4,6-7,10-13,16H,1,5,8-9,14-15H2,2-3H3. The highest BCUT2D eigenvalue weighted by Crippen LogP contribution is 2.28. The molecule has 0 saturated carbocycles. The fourth-order valence-electron chi connectivity index (χ4n) is 3.17. The Morgan fingerprint density at radius 2 is 2.00 bits per heavy atom. The molecule has 0 spiro atoms. The smallest absolute Gasteiger partial charge is 0.161 e. The van der Waals surface area contributed by atoms with Crippen LogP contribution in [0.15, 0.2) is 55.1 Å². The Morgan fingerprint density at radius 1 is 1.15 bits per heavy atom. The van der Waals surface area contributed by atoms with Crippen molar-refractivity contribution in [1.82, 2.24) is 9.55 Å². The quantitative estimate of drug-likeness (QED) is 0.411. The van der Waals surface area contributed by atoms with Crippen LogP contribution in [0.2, 0.25) is 0 Å². The number of ether oxygens (including phenoxy) is 2. The van der Waals surface area contributed by atoms with Gasteiger partial charge in [-0.2, -0.15) is 0 Å². The van der Waals surface area contributed by atoms with Crippen LogP contribution in [0.1, 0.15) is 24.7 Å². The monoisotopic (exact) mass is 350 g/mol. The zero-order chi connectivity index (χ0) is 18.4. The van der Waals surface area contributed by atoms with Crippen LogP contribution in [-0.4, -0.2) is 23.3 Å². The SMILES string of the molecule is C=CCc1ccc(OCCCn2c(CC)nc3ccccc32)c(OC)c1. The number of nitrogens with zero attached hydrogens (tertiary/aromatic N) is 2. The Hall–Kier alpha value is -2.75. The summed E-state index contributed by atoms with van der Waals surface area (Å²) in [6.07, 6.45) is 4.54. The van der Waals surface area contributed by atoms with E-state index in [1.807, 2.05) is 24.3 Å². The minimum atomic E-state index is 0.632. The van der Waals surface area contributed by atoms with E-state index in [1.54, 1.807) is 7.11 Å². The summed E-state index contributed by atoms with van der Waals surface area (Å²) in [6, 6.07) is 14.3. The highest BCUT2D eigenvalue weighted by molar-refractivity contribution is 5.75. The van der Waals surface area contributed by atoms with Crippen molar-refractivity contribution in [2.75, 3.05) is 13.7 Å². The minimum Gasteiger partial charge on any atom is -0.493 e. The molecular weight excluding hydrogens is 324 g/mol. The number of fused-ring (bicyclic) bond motifs is 1. The van der Waals surface area contributed by atoms with E-state index in [0.717, 1.165) is 48.6 Å². The van der Waals surface area contributed by atoms with Gasteiger partial charge in [0, 0.05) is 13.0 Å². The van der Waals surface area contributed by atoms with Crippen molar-refractivity contribution < 1.29 is 9.47 Å². The third-order valence-electron chi connectivity index (χ3n) is 4.44. The van der Waals surface area contributed by atoms with E-state index < -0.39 is 0 Å². The van der Waals surface area contributed by atoms with Crippen molar-refractivity contribution in [3.8, 4) is 11.5 Å². The fraction of sp³-hybridized carbons (Fsp3) is 0.318. The maximum absolute atomic E-state index is 5.96. The van der Waals surface area contributed by atoms with E-state index in [2.05, 4.69) is 42.3 Å². The molecule has 26 heavy (non-hydrogen) atoms. The lowest BCUT2D eigenvalue weighted by Gasteiger charge is -2.13. The topological polar surface area (TPSA) is 36.3 Å².